The lowest BCUT2D eigenvalue weighted by Crippen LogP contribution is -2.31. The van der Waals surface area contributed by atoms with Crippen LogP contribution in [0, 0.1) is 0 Å². The zero-order valence-electron chi connectivity index (χ0n) is 17.2. The predicted octanol–water partition coefficient (Wildman–Crippen LogP) is 4.43. The molecule has 0 aromatic heterocycles. The molecule has 30 heavy (non-hydrogen) atoms. The minimum absolute atomic E-state index is 0.0837. The number of aryl methyl sites for hydroxylation is 1. The molecule has 1 aliphatic heterocycles. The molecule has 0 atom stereocenters. The molecule has 1 aliphatic rings. The van der Waals surface area contributed by atoms with Gasteiger partial charge in [0, 0.05) is 5.56 Å². The van der Waals surface area contributed by atoms with Crippen molar-refractivity contribution in [3.63, 3.8) is 0 Å². The van der Waals surface area contributed by atoms with E-state index in [0.29, 0.717) is 17.2 Å². The van der Waals surface area contributed by atoms with Gasteiger partial charge < -0.3 is 19.5 Å². The molecular weight excluding hydrogens is 378 g/mol. The second kappa shape index (κ2) is 8.91. The standard InChI is InChI=1S/C25H25NO4/c1-3-17-14-21-25(30-16-29-21)24(28-2)20(17)15-22(27)26-23(18-10-6-4-7-11-18)19-12-8-5-9-13-19/h4-14,23H,3,15-16H2,1-2H3,(H,26,27). The Kier molecular flexibility index (Phi) is 5.89. The van der Waals surface area contributed by atoms with Crippen molar-refractivity contribution >= 4 is 5.91 Å². The van der Waals surface area contributed by atoms with Crippen molar-refractivity contribution in [2.45, 2.75) is 25.8 Å². The van der Waals surface area contributed by atoms with Crippen molar-refractivity contribution in [2.24, 2.45) is 0 Å². The fourth-order valence-corrected chi connectivity index (χ4v) is 3.85. The van der Waals surface area contributed by atoms with Crippen LogP contribution < -0.4 is 19.5 Å². The van der Waals surface area contributed by atoms with Gasteiger partial charge >= 0.3 is 0 Å². The third kappa shape index (κ3) is 3.96. The Morgan fingerprint density at radius 2 is 1.67 bits per heavy atom. The lowest BCUT2D eigenvalue weighted by molar-refractivity contribution is -0.121. The summed E-state index contributed by atoms with van der Waals surface area (Å²) in [5.41, 5.74) is 3.92. The van der Waals surface area contributed by atoms with Gasteiger partial charge in [-0.2, -0.15) is 0 Å². The molecule has 3 aromatic carbocycles. The third-order valence-electron chi connectivity index (χ3n) is 5.31. The van der Waals surface area contributed by atoms with Crippen LogP contribution in [0.25, 0.3) is 0 Å². The van der Waals surface area contributed by atoms with E-state index in [-0.39, 0.29) is 25.2 Å². The molecular formula is C25H25NO4. The Morgan fingerprint density at radius 1 is 1.03 bits per heavy atom. The van der Waals surface area contributed by atoms with Crippen molar-refractivity contribution in [2.75, 3.05) is 13.9 Å². The van der Waals surface area contributed by atoms with E-state index in [1.807, 2.05) is 66.7 Å². The number of rotatable bonds is 7. The van der Waals surface area contributed by atoms with Crippen LogP contribution in [0.2, 0.25) is 0 Å². The zero-order valence-corrected chi connectivity index (χ0v) is 17.2. The van der Waals surface area contributed by atoms with Gasteiger partial charge in [-0.25, -0.2) is 0 Å². The Balaban J connectivity index is 1.63. The number of hydrogen-bond acceptors (Lipinski definition) is 4. The Morgan fingerprint density at radius 3 is 2.23 bits per heavy atom. The maximum absolute atomic E-state index is 13.2. The fraction of sp³-hybridized carbons (Fsp3) is 0.240. The summed E-state index contributed by atoms with van der Waals surface area (Å²) in [4.78, 5) is 13.2. The molecule has 4 rings (SSSR count). The van der Waals surface area contributed by atoms with Crippen molar-refractivity contribution in [3.05, 3.63) is 89.0 Å². The van der Waals surface area contributed by atoms with E-state index in [0.717, 1.165) is 28.7 Å². The number of fused-ring (bicyclic) bond motifs is 1. The number of nitrogens with one attached hydrogen (secondary N) is 1. The molecule has 5 heteroatoms. The van der Waals surface area contributed by atoms with Gasteiger partial charge in [0.05, 0.1) is 19.6 Å². The molecule has 0 bridgehead atoms. The number of amides is 1. The smallest absolute Gasteiger partial charge is 0.231 e. The maximum Gasteiger partial charge on any atom is 0.231 e. The highest BCUT2D eigenvalue weighted by atomic mass is 16.7. The van der Waals surface area contributed by atoms with Crippen LogP contribution in [0.15, 0.2) is 66.7 Å². The van der Waals surface area contributed by atoms with E-state index in [9.17, 15) is 4.79 Å². The van der Waals surface area contributed by atoms with Crippen LogP contribution in [0.1, 0.15) is 35.2 Å². The number of methoxy groups -OCH3 is 1. The molecule has 3 aromatic rings. The molecule has 1 N–H and O–H groups in total. The largest absolute Gasteiger partial charge is 0.492 e. The summed E-state index contributed by atoms with van der Waals surface area (Å²) in [6, 6.07) is 21.7. The monoisotopic (exact) mass is 403 g/mol. The van der Waals surface area contributed by atoms with Crippen molar-refractivity contribution in [1.82, 2.24) is 5.32 Å². The summed E-state index contributed by atoms with van der Waals surface area (Å²) in [5, 5.41) is 3.20. The zero-order chi connectivity index (χ0) is 20.9. The third-order valence-corrected chi connectivity index (χ3v) is 5.31. The quantitative estimate of drug-likeness (QED) is 0.634. The van der Waals surface area contributed by atoms with E-state index >= 15 is 0 Å². The SMILES string of the molecule is CCc1cc2c(c(OC)c1CC(=O)NC(c1ccccc1)c1ccccc1)OCO2. The molecule has 154 valence electrons. The van der Waals surface area contributed by atoms with Gasteiger partial charge in [0.25, 0.3) is 0 Å². The number of carbonyl (C=O) groups excluding carboxylic acids is 1. The first kappa shape index (κ1) is 19.8. The van der Waals surface area contributed by atoms with E-state index in [1.165, 1.54) is 0 Å². The molecule has 0 saturated carbocycles. The van der Waals surface area contributed by atoms with Gasteiger partial charge in [0.1, 0.15) is 0 Å². The van der Waals surface area contributed by atoms with Gasteiger partial charge in [0.15, 0.2) is 11.5 Å². The van der Waals surface area contributed by atoms with Gasteiger partial charge in [0.2, 0.25) is 18.4 Å². The molecule has 0 aliphatic carbocycles. The molecule has 1 heterocycles. The lowest BCUT2D eigenvalue weighted by Gasteiger charge is -2.21. The normalized spacial score (nSPS) is 12.1. The fourth-order valence-electron chi connectivity index (χ4n) is 3.85. The Bertz CT molecular complexity index is 979. The molecule has 0 saturated heterocycles. The first-order valence-electron chi connectivity index (χ1n) is 10.1. The summed E-state index contributed by atoms with van der Waals surface area (Å²) in [5.74, 6) is 1.73. The first-order valence-corrected chi connectivity index (χ1v) is 10.1. The summed E-state index contributed by atoms with van der Waals surface area (Å²) < 4.78 is 16.7. The summed E-state index contributed by atoms with van der Waals surface area (Å²) in [6.45, 7) is 2.21. The van der Waals surface area contributed by atoms with Crippen LogP contribution in [-0.2, 0) is 17.6 Å². The van der Waals surface area contributed by atoms with Gasteiger partial charge in [-0.1, -0.05) is 67.6 Å². The van der Waals surface area contributed by atoms with Crippen molar-refractivity contribution in [1.29, 1.82) is 0 Å². The molecule has 5 nitrogen and oxygen atoms in total. The molecule has 0 unspecified atom stereocenters. The van der Waals surface area contributed by atoms with Crippen LogP contribution in [0.5, 0.6) is 17.2 Å². The van der Waals surface area contributed by atoms with Gasteiger partial charge in [-0.15, -0.1) is 0 Å². The van der Waals surface area contributed by atoms with E-state index in [2.05, 4.69) is 12.2 Å². The number of benzene rings is 3. The minimum atomic E-state index is -0.231. The van der Waals surface area contributed by atoms with Gasteiger partial charge in [-0.05, 0) is 29.2 Å². The first-order chi connectivity index (χ1) is 14.7. The van der Waals surface area contributed by atoms with Crippen LogP contribution >= 0.6 is 0 Å². The van der Waals surface area contributed by atoms with Crippen molar-refractivity contribution < 1.29 is 19.0 Å². The van der Waals surface area contributed by atoms with Crippen LogP contribution in [0.3, 0.4) is 0 Å². The maximum atomic E-state index is 13.2. The lowest BCUT2D eigenvalue weighted by atomic mass is 9.96. The summed E-state index contributed by atoms with van der Waals surface area (Å²) in [6.07, 6.45) is 0.954. The van der Waals surface area contributed by atoms with Gasteiger partial charge in [-0.3, -0.25) is 4.79 Å². The molecule has 0 spiro atoms. The Labute approximate surface area is 176 Å². The van der Waals surface area contributed by atoms with Crippen LogP contribution in [-0.4, -0.2) is 19.8 Å². The number of ether oxygens (including phenoxy) is 3. The van der Waals surface area contributed by atoms with E-state index in [4.69, 9.17) is 14.2 Å². The summed E-state index contributed by atoms with van der Waals surface area (Å²) in [7, 11) is 1.59. The second-order valence-corrected chi connectivity index (χ2v) is 7.13. The van der Waals surface area contributed by atoms with Crippen LogP contribution in [0.4, 0.5) is 0 Å². The van der Waals surface area contributed by atoms with Crippen molar-refractivity contribution in [3.8, 4) is 17.2 Å². The minimum Gasteiger partial charge on any atom is -0.492 e. The predicted molar refractivity (Wildman–Crippen MR) is 115 cm³/mol. The highest BCUT2D eigenvalue weighted by molar-refractivity contribution is 5.81. The number of carbonyl (C=O) groups is 1. The average Bonchev–Trinajstić information content (AvgIpc) is 3.26. The highest BCUT2D eigenvalue weighted by Crippen LogP contribution is 2.45. The van der Waals surface area contributed by atoms with E-state index in [1.54, 1.807) is 7.11 Å². The molecule has 1 amide bonds. The second-order valence-electron chi connectivity index (χ2n) is 7.13. The molecule has 0 fully saturated rings. The Hall–Kier alpha value is -3.47. The summed E-state index contributed by atoms with van der Waals surface area (Å²) >= 11 is 0. The average molecular weight is 403 g/mol. The highest BCUT2D eigenvalue weighted by Gasteiger charge is 2.26. The number of hydrogen-bond donors (Lipinski definition) is 1. The van der Waals surface area contributed by atoms with E-state index < -0.39 is 0 Å². The molecule has 0 radical (unpaired) electrons. The topological polar surface area (TPSA) is 56.8 Å².